The lowest BCUT2D eigenvalue weighted by Crippen LogP contribution is -2.47. The molecule has 1 aliphatic heterocycles. The first-order valence-corrected chi connectivity index (χ1v) is 5.88. The van der Waals surface area contributed by atoms with Crippen molar-refractivity contribution >= 4 is 5.91 Å². The average Bonchev–Trinajstić information content (AvgIpc) is 2.26. The summed E-state index contributed by atoms with van der Waals surface area (Å²) in [5.74, 6) is -0.0566. The maximum Gasteiger partial charge on any atom is 0.236 e. The van der Waals surface area contributed by atoms with E-state index >= 15 is 0 Å². The van der Waals surface area contributed by atoms with Gasteiger partial charge in [-0.15, -0.1) is 0 Å². The second-order valence-electron chi connectivity index (χ2n) is 4.48. The first-order valence-electron chi connectivity index (χ1n) is 5.88. The van der Waals surface area contributed by atoms with Crippen LogP contribution in [0.1, 0.15) is 33.1 Å². The zero-order valence-corrected chi connectivity index (χ0v) is 9.83. The van der Waals surface area contributed by atoms with Gasteiger partial charge in [0.2, 0.25) is 5.91 Å². The quantitative estimate of drug-likeness (QED) is 0.707. The van der Waals surface area contributed by atoms with Gasteiger partial charge in [-0.05, 0) is 39.8 Å². The molecule has 2 unspecified atom stereocenters. The predicted octanol–water partition coefficient (Wildman–Crippen LogP) is 0.324. The number of hydrogen-bond donors (Lipinski definition) is 2. The number of piperidine rings is 1. The Hall–Kier alpha value is -0.610. The van der Waals surface area contributed by atoms with Gasteiger partial charge in [0.25, 0.3) is 0 Å². The summed E-state index contributed by atoms with van der Waals surface area (Å²) >= 11 is 0. The molecule has 1 aliphatic rings. The summed E-state index contributed by atoms with van der Waals surface area (Å²) in [4.78, 5) is 13.7. The molecule has 1 rings (SSSR count). The maximum atomic E-state index is 11.3. The van der Waals surface area contributed by atoms with Crippen LogP contribution in [0.5, 0.6) is 0 Å². The van der Waals surface area contributed by atoms with Crippen LogP contribution < -0.4 is 11.1 Å². The van der Waals surface area contributed by atoms with Crippen LogP contribution >= 0.6 is 0 Å². The minimum Gasteiger partial charge on any atom is -0.353 e. The zero-order chi connectivity index (χ0) is 11.3. The molecule has 0 aliphatic carbocycles. The molecule has 0 spiro atoms. The number of nitrogens with zero attached hydrogens (tertiary/aromatic N) is 1. The number of hydrogen-bond acceptors (Lipinski definition) is 3. The normalized spacial score (nSPS) is 22.1. The summed E-state index contributed by atoms with van der Waals surface area (Å²) < 4.78 is 0. The lowest BCUT2D eigenvalue weighted by molar-refractivity contribution is -0.122. The SMILES string of the molecule is CC(N)C(=O)NCC(C)N1CCCCC1. The molecule has 0 bridgehead atoms. The molecule has 1 saturated heterocycles. The second-order valence-corrected chi connectivity index (χ2v) is 4.48. The van der Waals surface area contributed by atoms with E-state index in [0.717, 1.165) is 13.1 Å². The van der Waals surface area contributed by atoms with Crippen LogP contribution in [0.3, 0.4) is 0 Å². The summed E-state index contributed by atoms with van der Waals surface area (Å²) in [5.41, 5.74) is 5.47. The molecule has 1 fully saturated rings. The van der Waals surface area contributed by atoms with Gasteiger partial charge in [0.15, 0.2) is 0 Å². The van der Waals surface area contributed by atoms with Gasteiger partial charge in [0.1, 0.15) is 0 Å². The standard InChI is InChI=1S/C11H23N3O/c1-9(8-13-11(15)10(2)12)14-6-4-3-5-7-14/h9-10H,3-8,12H2,1-2H3,(H,13,15). The minimum atomic E-state index is -0.404. The van der Waals surface area contributed by atoms with Crippen LogP contribution in [0.4, 0.5) is 0 Å². The molecule has 88 valence electrons. The van der Waals surface area contributed by atoms with Crippen molar-refractivity contribution in [1.82, 2.24) is 10.2 Å². The van der Waals surface area contributed by atoms with Crippen LogP contribution in [0.25, 0.3) is 0 Å². The van der Waals surface area contributed by atoms with Crippen LogP contribution in [-0.2, 0) is 4.79 Å². The van der Waals surface area contributed by atoms with Crippen molar-refractivity contribution < 1.29 is 4.79 Å². The molecule has 0 aromatic carbocycles. The van der Waals surface area contributed by atoms with Crippen molar-refractivity contribution in [3.63, 3.8) is 0 Å². The molecule has 4 nitrogen and oxygen atoms in total. The molecule has 0 aromatic heterocycles. The van der Waals surface area contributed by atoms with E-state index in [1.165, 1.54) is 19.3 Å². The fraction of sp³-hybridized carbons (Fsp3) is 0.909. The minimum absolute atomic E-state index is 0.0566. The third-order valence-corrected chi connectivity index (χ3v) is 3.00. The Morgan fingerprint density at radius 1 is 1.33 bits per heavy atom. The highest BCUT2D eigenvalue weighted by Gasteiger charge is 2.17. The lowest BCUT2D eigenvalue weighted by Gasteiger charge is -2.32. The van der Waals surface area contributed by atoms with Gasteiger partial charge in [-0.25, -0.2) is 0 Å². The van der Waals surface area contributed by atoms with E-state index in [0.29, 0.717) is 12.6 Å². The number of amides is 1. The van der Waals surface area contributed by atoms with E-state index in [2.05, 4.69) is 17.1 Å². The number of likely N-dealkylation sites (tertiary alicyclic amines) is 1. The number of carbonyl (C=O) groups excluding carboxylic acids is 1. The van der Waals surface area contributed by atoms with E-state index in [1.807, 2.05) is 0 Å². The van der Waals surface area contributed by atoms with Crippen molar-refractivity contribution in [3.05, 3.63) is 0 Å². The van der Waals surface area contributed by atoms with Crippen LogP contribution in [-0.4, -0.2) is 42.5 Å². The number of carbonyl (C=O) groups is 1. The van der Waals surface area contributed by atoms with Crippen molar-refractivity contribution in [2.75, 3.05) is 19.6 Å². The highest BCUT2D eigenvalue weighted by atomic mass is 16.2. The monoisotopic (exact) mass is 213 g/mol. The van der Waals surface area contributed by atoms with E-state index < -0.39 is 6.04 Å². The first-order chi connectivity index (χ1) is 7.11. The van der Waals surface area contributed by atoms with Crippen molar-refractivity contribution in [2.24, 2.45) is 5.73 Å². The molecular formula is C11H23N3O. The summed E-state index contributed by atoms with van der Waals surface area (Å²) in [5, 5.41) is 2.87. The number of nitrogens with two attached hydrogens (primary N) is 1. The Labute approximate surface area is 92.2 Å². The largest absolute Gasteiger partial charge is 0.353 e. The fourth-order valence-electron chi connectivity index (χ4n) is 1.90. The van der Waals surface area contributed by atoms with E-state index in [1.54, 1.807) is 6.92 Å². The molecule has 1 heterocycles. The van der Waals surface area contributed by atoms with Crippen molar-refractivity contribution in [1.29, 1.82) is 0 Å². The molecule has 3 N–H and O–H groups in total. The first kappa shape index (κ1) is 12.5. The highest BCUT2D eigenvalue weighted by molar-refractivity contribution is 5.80. The van der Waals surface area contributed by atoms with Gasteiger partial charge >= 0.3 is 0 Å². The van der Waals surface area contributed by atoms with Gasteiger partial charge in [-0.3, -0.25) is 9.69 Å². The molecule has 4 heteroatoms. The summed E-state index contributed by atoms with van der Waals surface area (Å²) in [6, 6.07) is 0.0200. The third-order valence-electron chi connectivity index (χ3n) is 3.00. The molecular weight excluding hydrogens is 190 g/mol. The van der Waals surface area contributed by atoms with Gasteiger partial charge in [-0.2, -0.15) is 0 Å². The van der Waals surface area contributed by atoms with E-state index in [9.17, 15) is 4.79 Å². The Morgan fingerprint density at radius 2 is 1.93 bits per heavy atom. The van der Waals surface area contributed by atoms with Gasteiger partial charge in [0, 0.05) is 12.6 Å². The Morgan fingerprint density at radius 3 is 2.47 bits per heavy atom. The van der Waals surface area contributed by atoms with E-state index in [-0.39, 0.29) is 5.91 Å². The number of rotatable bonds is 4. The Bertz CT molecular complexity index is 200. The van der Waals surface area contributed by atoms with E-state index in [4.69, 9.17) is 5.73 Å². The number of nitrogens with one attached hydrogen (secondary N) is 1. The average molecular weight is 213 g/mol. The zero-order valence-electron chi connectivity index (χ0n) is 9.83. The van der Waals surface area contributed by atoms with Crippen molar-refractivity contribution in [2.45, 2.75) is 45.2 Å². The highest BCUT2D eigenvalue weighted by Crippen LogP contribution is 2.11. The molecule has 0 aromatic rings. The molecule has 15 heavy (non-hydrogen) atoms. The van der Waals surface area contributed by atoms with Crippen LogP contribution in [0.15, 0.2) is 0 Å². The second kappa shape index (κ2) is 6.08. The topological polar surface area (TPSA) is 58.4 Å². The lowest BCUT2D eigenvalue weighted by atomic mass is 10.1. The fourth-order valence-corrected chi connectivity index (χ4v) is 1.90. The molecule has 0 saturated carbocycles. The molecule has 1 amide bonds. The summed E-state index contributed by atoms with van der Waals surface area (Å²) in [7, 11) is 0. The van der Waals surface area contributed by atoms with Gasteiger partial charge in [0.05, 0.1) is 6.04 Å². The summed E-state index contributed by atoms with van der Waals surface area (Å²) in [6.45, 7) is 6.90. The smallest absolute Gasteiger partial charge is 0.236 e. The maximum absolute atomic E-state index is 11.3. The molecule has 2 atom stereocenters. The van der Waals surface area contributed by atoms with Gasteiger partial charge in [-0.1, -0.05) is 6.42 Å². The van der Waals surface area contributed by atoms with Crippen LogP contribution in [0, 0.1) is 0 Å². The third kappa shape index (κ3) is 4.18. The molecule has 0 radical (unpaired) electrons. The Kier molecular flexibility index (Phi) is 5.05. The van der Waals surface area contributed by atoms with Crippen LogP contribution in [0.2, 0.25) is 0 Å². The Balaban J connectivity index is 2.22. The van der Waals surface area contributed by atoms with Gasteiger partial charge < -0.3 is 11.1 Å². The predicted molar refractivity (Wildman–Crippen MR) is 61.5 cm³/mol. The van der Waals surface area contributed by atoms with Crippen molar-refractivity contribution in [3.8, 4) is 0 Å². The summed E-state index contributed by atoms with van der Waals surface area (Å²) in [6.07, 6.45) is 3.91.